The molecule has 0 unspecified atom stereocenters. The number of para-hydroxylation sites is 4. The van der Waals surface area contributed by atoms with E-state index in [0.29, 0.717) is 0 Å². The topological polar surface area (TPSA) is 19.0 Å². The zero-order valence-electron chi connectivity index (χ0n) is 32.8. The third kappa shape index (κ3) is 6.15. The number of anilines is 3. The lowest BCUT2D eigenvalue weighted by atomic mass is 9.37. The Morgan fingerprint density at radius 2 is 0.776 bits per heavy atom. The molecular formula is C51H42B3N3O. The first kappa shape index (κ1) is 35.6. The standard InChI is InChI=1S/C51H42B3N3O/c1-51(2)47-35-18-19-37-49(47)58-50-46(34-21-36-48(50)51)39-22-20-33-45(38-39)57-53(41-25-10-4-11-26-41)55(43-29-14-6-15-30-43)52(40-23-8-3-9-24-40)56(44-31-16-7-17-32-44)54(57)42-27-12-5-13-28-42/h3-38H,1-2H3. The fraction of sp³-hybridized carbons (Fsp3) is 0.0588. The van der Waals surface area contributed by atoms with E-state index in [9.17, 15) is 0 Å². The number of nitrogens with zero attached hydrogens (tertiary/aromatic N) is 3. The summed E-state index contributed by atoms with van der Waals surface area (Å²) in [4.78, 5) is 0. The Morgan fingerprint density at radius 3 is 1.29 bits per heavy atom. The van der Waals surface area contributed by atoms with Gasteiger partial charge >= 0.3 is 20.9 Å². The third-order valence-corrected chi connectivity index (χ3v) is 11.9. The summed E-state index contributed by atoms with van der Waals surface area (Å²) in [6.45, 7) is 3.98. The van der Waals surface area contributed by atoms with Crippen molar-refractivity contribution in [2.24, 2.45) is 0 Å². The molecule has 0 aromatic heterocycles. The molecule has 0 radical (unpaired) electrons. The number of benzene rings is 8. The smallest absolute Gasteiger partial charge is 0.388 e. The van der Waals surface area contributed by atoms with E-state index in [4.69, 9.17) is 4.74 Å². The van der Waals surface area contributed by atoms with E-state index < -0.39 is 0 Å². The minimum atomic E-state index is -0.222. The highest BCUT2D eigenvalue weighted by Crippen LogP contribution is 2.51. The first-order chi connectivity index (χ1) is 28.6. The van der Waals surface area contributed by atoms with Crippen molar-refractivity contribution in [1.82, 2.24) is 0 Å². The van der Waals surface area contributed by atoms with E-state index >= 15 is 0 Å². The molecule has 0 atom stereocenters. The average molecular weight is 745 g/mol. The maximum Gasteiger partial charge on any atom is 0.388 e. The molecule has 0 aliphatic carbocycles. The molecule has 2 aliphatic heterocycles. The summed E-state index contributed by atoms with van der Waals surface area (Å²) in [7, 11) is 0. The van der Waals surface area contributed by atoms with Crippen LogP contribution in [0.3, 0.4) is 0 Å². The van der Waals surface area contributed by atoms with Gasteiger partial charge in [0.25, 0.3) is 0 Å². The van der Waals surface area contributed by atoms with Crippen molar-refractivity contribution in [2.45, 2.75) is 19.3 Å². The van der Waals surface area contributed by atoms with E-state index in [-0.39, 0.29) is 26.4 Å². The van der Waals surface area contributed by atoms with Crippen LogP contribution in [0.15, 0.2) is 218 Å². The molecule has 58 heavy (non-hydrogen) atoms. The van der Waals surface area contributed by atoms with Gasteiger partial charge in [-0.1, -0.05) is 190 Å². The zero-order chi connectivity index (χ0) is 39.1. The summed E-state index contributed by atoms with van der Waals surface area (Å²) in [6.07, 6.45) is 0. The minimum absolute atomic E-state index is 0.183. The van der Waals surface area contributed by atoms with Crippen LogP contribution in [0.5, 0.6) is 11.5 Å². The van der Waals surface area contributed by atoms with Crippen molar-refractivity contribution in [2.75, 3.05) is 14.2 Å². The van der Waals surface area contributed by atoms with Gasteiger partial charge in [0.05, 0.1) is 0 Å². The van der Waals surface area contributed by atoms with Crippen LogP contribution in [0.4, 0.5) is 17.1 Å². The molecule has 7 heteroatoms. The van der Waals surface area contributed by atoms with Gasteiger partial charge in [0.15, 0.2) is 0 Å². The van der Waals surface area contributed by atoms with Crippen LogP contribution in [0, 0.1) is 0 Å². The van der Waals surface area contributed by atoms with Crippen LogP contribution in [0.1, 0.15) is 25.0 Å². The fourth-order valence-corrected chi connectivity index (χ4v) is 9.22. The van der Waals surface area contributed by atoms with Gasteiger partial charge in [0.1, 0.15) is 11.5 Å². The zero-order valence-corrected chi connectivity index (χ0v) is 32.8. The van der Waals surface area contributed by atoms with Gasteiger partial charge in [-0.3, -0.25) is 0 Å². The van der Waals surface area contributed by atoms with E-state index in [1.807, 2.05) is 0 Å². The van der Waals surface area contributed by atoms with E-state index in [2.05, 4.69) is 246 Å². The molecule has 1 fully saturated rings. The van der Waals surface area contributed by atoms with Crippen LogP contribution in [0.2, 0.25) is 0 Å². The number of rotatable bonds is 7. The molecule has 0 amide bonds. The van der Waals surface area contributed by atoms with Crippen molar-refractivity contribution in [3.8, 4) is 22.6 Å². The largest absolute Gasteiger partial charge is 0.456 e. The summed E-state index contributed by atoms with van der Waals surface area (Å²) in [5, 5.41) is 0. The van der Waals surface area contributed by atoms with Crippen LogP contribution < -0.4 is 35.3 Å². The highest BCUT2D eigenvalue weighted by atomic mass is 16.5. The Bertz CT molecular complexity index is 2580. The van der Waals surface area contributed by atoms with Gasteiger partial charge in [-0.2, -0.15) is 0 Å². The van der Waals surface area contributed by atoms with Gasteiger partial charge in [-0.05, 0) is 64.4 Å². The fourth-order valence-electron chi connectivity index (χ4n) is 9.22. The second-order valence-electron chi connectivity index (χ2n) is 15.7. The lowest BCUT2D eigenvalue weighted by molar-refractivity contribution is 0.419. The molecular weight excluding hydrogens is 703 g/mol. The highest BCUT2D eigenvalue weighted by molar-refractivity contribution is 7.14. The molecule has 0 N–H and O–H groups in total. The minimum Gasteiger partial charge on any atom is -0.456 e. The first-order valence-corrected chi connectivity index (χ1v) is 20.2. The Labute approximate surface area is 343 Å². The molecule has 0 saturated carbocycles. The molecule has 8 aromatic rings. The predicted octanol–water partition coefficient (Wildman–Crippen LogP) is 9.80. The van der Waals surface area contributed by atoms with Crippen LogP contribution in [0.25, 0.3) is 11.1 Å². The second kappa shape index (κ2) is 14.9. The summed E-state index contributed by atoms with van der Waals surface area (Å²) in [6, 6.07) is 78.9. The summed E-state index contributed by atoms with van der Waals surface area (Å²) < 4.78 is 14.7. The first-order valence-electron chi connectivity index (χ1n) is 20.2. The number of fused-ring (bicyclic) bond motifs is 2. The van der Waals surface area contributed by atoms with Crippen molar-refractivity contribution >= 4 is 54.4 Å². The SMILES string of the molecule is CC1(C)c2ccccc2Oc2c(-c3cccc(N4B(c5ccccc5)N(c5ccccc5)B(c5ccccc5)N(c5ccccc5)B4c4ccccc4)c3)cccc21. The monoisotopic (exact) mass is 745 g/mol. The molecule has 1 saturated heterocycles. The Morgan fingerprint density at radius 1 is 0.379 bits per heavy atom. The van der Waals surface area contributed by atoms with Gasteiger partial charge in [-0.15, -0.1) is 0 Å². The van der Waals surface area contributed by atoms with Gasteiger partial charge < -0.3 is 18.9 Å². The van der Waals surface area contributed by atoms with E-state index in [1.54, 1.807) is 0 Å². The quantitative estimate of drug-likeness (QED) is 0.151. The van der Waals surface area contributed by atoms with Crippen LogP contribution in [-0.4, -0.2) is 20.9 Å². The summed E-state index contributed by atoms with van der Waals surface area (Å²) in [5.74, 6) is 1.83. The predicted molar refractivity (Wildman–Crippen MR) is 246 cm³/mol. The van der Waals surface area contributed by atoms with Crippen molar-refractivity contribution in [3.05, 3.63) is 230 Å². The Balaban J connectivity index is 1.25. The molecule has 2 aliphatic rings. The molecule has 8 aromatic carbocycles. The van der Waals surface area contributed by atoms with Crippen molar-refractivity contribution in [1.29, 1.82) is 0 Å². The van der Waals surface area contributed by atoms with Crippen LogP contribution >= 0.6 is 0 Å². The number of ether oxygens (including phenoxy) is 1. The average Bonchev–Trinajstić information content (AvgIpc) is 3.29. The maximum atomic E-state index is 6.85. The molecule has 2 heterocycles. The Hall–Kier alpha value is -6.85. The molecule has 4 nitrogen and oxygen atoms in total. The number of hydrogen-bond donors (Lipinski definition) is 0. The molecule has 0 spiro atoms. The maximum absolute atomic E-state index is 6.85. The second-order valence-corrected chi connectivity index (χ2v) is 15.7. The summed E-state index contributed by atoms with van der Waals surface area (Å²) in [5.41, 5.74) is 11.3. The van der Waals surface area contributed by atoms with Crippen LogP contribution in [-0.2, 0) is 5.41 Å². The molecule has 276 valence electrons. The molecule has 10 rings (SSSR count). The lowest BCUT2D eigenvalue weighted by Gasteiger charge is -2.57. The van der Waals surface area contributed by atoms with Gasteiger partial charge in [0.2, 0.25) is 0 Å². The highest BCUT2D eigenvalue weighted by Gasteiger charge is 2.55. The molecule has 0 bridgehead atoms. The van der Waals surface area contributed by atoms with E-state index in [1.165, 1.54) is 27.5 Å². The van der Waals surface area contributed by atoms with Gasteiger partial charge in [-0.25, -0.2) is 0 Å². The van der Waals surface area contributed by atoms with Crippen molar-refractivity contribution in [3.63, 3.8) is 0 Å². The Kier molecular flexibility index (Phi) is 9.14. The van der Waals surface area contributed by atoms with Gasteiger partial charge in [0, 0.05) is 39.2 Å². The van der Waals surface area contributed by atoms with E-state index in [0.717, 1.165) is 39.7 Å². The number of hydrogen-bond acceptors (Lipinski definition) is 4. The van der Waals surface area contributed by atoms with Crippen molar-refractivity contribution < 1.29 is 4.74 Å². The normalized spacial score (nSPS) is 14.4. The summed E-state index contributed by atoms with van der Waals surface area (Å²) >= 11 is 0. The third-order valence-electron chi connectivity index (χ3n) is 11.9. The lowest BCUT2D eigenvalue weighted by Crippen LogP contribution is -2.86.